The number of rotatable bonds is 3. The van der Waals surface area contributed by atoms with Crippen molar-refractivity contribution in [2.45, 2.75) is 19.4 Å². The van der Waals surface area contributed by atoms with Crippen molar-refractivity contribution in [2.75, 3.05) is 26.2 Å². The summed E-state index contributed by atoms with van der Waals surface area (Å²) in [4.78, 5) is 6.95. The van der Waals surface area contributed by atoms with Gasteiger partial charge in [-0.25, -0.2) is 9.37 Å². The summed E-state index contributed by atoms with van der Waals surface area (Å²) < 4.78 is 18.8. The molecule has 2 aliphatic rings. The summed E-state index contributed by atoms with van der Waals surface area (Å²) in [5.74, 6) is 0.221. The van der Waals surface area contributed by atoms with Gasteiger partial charge in [0, 0.05) is 25.2 Å². The number of hydrogen-bond acceptors (Lipinski definition) is 4. The maximum atomic E-state index is 13.3. The highest BCUT2D eigenvalue weighted by molar-refractivity contribution is 5.85. The third-order valence-electron chi connectivity index (χ3n) is 4.86. The molecule has 2 aromatic rings. The third-order valence-corrected chi connectivity index (χ3v) is 4.86. The number of oxazole rings is 1. The zero-order valence-corrected chi connectivity index (χ0v) is 13.7. The molecule has 0 saturated carbocycles. The largest absolute Gasteiger partial charge is 0.444 e. The van der Waals surface area contributed by atoms with E-state index < -0.39 is 0 Å². The lowest BCUT2D eigenvalue weighted by molar-refractivity contribution is 0.266. The molecule has 0 radical (unpaired) electrons. The molecular formula is C17H21ClFN3O. The SMILES string of the molecule is Cl.Fc1cccc(-c2nc(CN3CCC4(CCNC4)C3)co2)c1. The van der Waals surface area contributed by atoms with Crippen LogP contribution in [0.1, 0.15) is 18.5 Å². The Labute approximate surface area is 141 Å². The van der Waals surface area contributed by atoms with Crippen LogP contribution in [0.5, 0.6) is 0 Å². The molecule has 1 N–H and O–H groups in total. The van der Waals surface area contributed by atoms with Crippen molar-refractivity contribution in [3.05, 3.63) is 42.0 Å². The fraction of sp³-hybridized carbons (Fsp3) is 0.471. The summed E-state index contributed by atoms with van der Waals surface area (Å²) in [6, 6.07) is 6.36. The van der Waals surface area contributed by atoms with Crippen molar-refractivity contribution >= 4 is 12.4 Å². The van der Waals surface area contributed by atoms with Crippen molar-refractivity contribution in [2.24, 2.45) is 5.41 Å². The summed E-state index contributed by atoms with van der Waals surface area (Å²) in [5, 5.41) is 3.47. The molecule has 0 amide bonds. The molecule has 4 rings (SSSR count). The predicted molar refractivity (Wildman–Crippen MR) is 89.0 cm³/mol. The summed E-state index contributed by atoms with van der Waals surface area (Å²) >= 11 is 0. The lowest BCUT2D eigenvalue weighted by Crippen LogP contribution is -2.29. The quantitative estimate of drug-likeness (QED) is 0.934. The second kappa shape index (κ2) is 6.59. The normalized spacial score (nSPS) is 24.2. The topological polar surface area (TPSA) is 41.3 Å². The van der Waals surface area contributed by atoms with E-state index in [1.807, 2.05) is 6.07 Å². The Morgan fingerprint density at radius 3 is 3.04 bits per heavy atom. The number of nitrogens with one attached hydrogen (secondary N) is 1. The van der Waals surface area contributed by atoms with E-state index in [1.54, 1.807) is 12.3 Å². The standard InChI is InChI=1S/C17H20FN3O.ClH/c18-14-3-1-2-13(8-14)16-20-15(10-22-16)9-21-7-5-17(12-21)4-6-19-11-17;/h1-3,8,10,19H,4-7,9,11-12H2;1H. The predicted octanol–water partition coefficient (Wildman–Crippen LogP) is 3.09. The van der Waals surface area contributed by atoms with Crippen LogP contribution in [0.4, 0.5) is 4.39 Å². The molecular weight excluding hydrogens is 317 g/mol. The van der Waals surface area contributed by atoms with Gasteiger partial charge in [0.15, 0.2) is 0 Å². The van der Waals surface area contributed by atoms with Gasteiger partial charge < -0.3 is 9.73 Å². The fourth-order valence-electron chi connectivity index (χ4n) is 3.67. The molecule has 124 valence electrons. The van der Waals surface area contributed by atoms with Gasteiger partial charge in [0.1, 0.15) is 12.1 Å². The monoisotopic (exact) mass is 337 g/mol. The van der Waals surface area contributed by atoms with Crippen LogP contribution in [0.3, 0.4) is 0 Å². The van der Waals surface area contributed by atoms with E-state index in [2.05, 4.69) is 15.2 Å². The molecule has 3 heterocycles. The van der Waals surface area contributed by atoms with E-state index in [-0.39, 0.29) is 18.2 Å². The van der Waals surface area contributed by atoms with Gasteiger partial charge >= 0.3 is 0 Å². The lowest BCUT2D eigenvalue weighted by atomic mass is 9.87. The molecule has 1 aromatic carbocycles. The molecule has 1 aromatic heterocycles. The van der Waals surface area contributed by atoms with Crippen LogP contribution in [0, 0.1) is 11.2 Å². The Hall–Kier alpha value is -1.43. The fourth-order valence-corrected chi connectivity index (χ4v) is 3.67. The molecule has 23 heavy (non-hydrogen) atoms. The second-order valence-electron chi connectivity index (χ2n) is 6.54. The minimum Gasteiger partial charge on any atom is -0.444 e. The summed E-state index contributed by atoms with van der Waals surface area (Å²) in [6.07, 6.45) is 4.23. The van der Waals surface area contributed by atoms with E-state index in [9.17, 15) is 4.39 Å². The van der Waals surface area contributed by atoms with Crippen molar-refractivity contribution in [1.82, 2.24) is 15.2 Å². The van der Waals surface area contributed by atoms with Crippen LogP contribution >= 0.6 is 12.4 Å². The first-order chi connectivity index (χ1) is 10.7. The van der Waals surface area contributed by atoms with Gasteiger partial charge in [-0.1, -0.05) is 6.07 Å². The number of benzene rings is 1. The average molecular weight is 338 g/mol. The molecule has 0 aliphatic carbocycles. The Morgan fingerprint density at radius 1 is 1.35 bits per heavy atom. The Kier molecular flexibility index (Phi) is 4.71. The zero-order valence-electron chi connectivity index (χ0n) is 12.9. The summed E-state index contributed by atoms with van der Waals surface area (Å²) in [5.41, 5.74) is 2.07. The highest BCUT2D eigenvalue weighted by Crippen LogP contribution is 2.36. The van der Waals surface area contributed by atoms with Crippen molar-refractivity contribution < 1.29 is 8.81 Å². The highest BCUT2D eigenvalue weighted by Gasteiger charge is 2.40. The molecule has 1 unspecified atom stereocenters. The second-order valence-corrected chi connectivity index (χ2v) is 6.54. The van der Waals surface area contributed by atoms with Crippen LogP contribution < -0.4 is 5.32 Å². The Balaban J connectivity index is 0.00000156. The molecule has 1 spiro atoms. The number of likely N-dealkylation sites (tertiary alicyclic amines) is 1. The van der Waals surface area contributed by atoms with E-state index in [0.29, 0.717) is 16.9 Å². The number of hydrogen-bond donors (Lipinski definition) is 1. The Morgan fingerprint density at radius 2 is 2.26 bits per heavy atom. The third kappa shape index (κ3) is 3.42. The maximum Gasteiger partial charge on any atom is 0.226 e. The highest BCUT2D eigenvalue weighted by atomic mass is 35.5. The minimum atomic E-state index is -0.271. The zero-order chi connectivity index (χ0) is 15.0. The summed E-state index contributed by atoms with van der Waals surface area (Å²) in [7, 11) is 0. The van der Waals surface area contributed by atoms with E-state index >= 15 is 0 Å². The first-order valence-electron chi connectivity index (χ1n) is 7.86. The van der Waals surface area contributed by atoms with Crippen molar-refractivity contribution in [3.8, 4) is 11.5 Å². The van der Waals surface area contributed by atoms with Crippen LogP contribution in [-0.2, 0) is 6.54 Å². The van der Waals surface area contributed by atoms with E-state index in [4.69, 9.17) is 4.42 Å². The molecule has 4 nitrogen and oxygen atoms in total. The smallest absolute Gasteiger partial charge is 0.226 e. The van der Waals surface area contributed by atoms with E-state index in [0.717, 1.165) is 38.4 Å². The number of halogens is 2. The minimum absolute atomic E-state index is 0. The van der Waals surface area contributed by atoms with Crippen molar-refractivity contribution in [3.63, 3.8) is 0 Å². The van der Waals surface area contributed by atoms with Gasteiger partial charge in [-0.15, -0.1) is 12.4 Å². The van der Waals surface area contributed by atoms with Gasteiger partial charge in [-0.05, 0) is 49.5 Å². The van der Waals surface area contributed by atoms with Gasteiger partial charge in [0.05, 0.1) is 5.69 Å². The van der Waals surface area contributed by atoms with Crippen LogP contribution in [0.15, 0.2) is 34.9 Å². The first kappa shape index (κ1) is 16.4. The van der Waals surface area contributed by atoms with Crippen molar-refractivity contribution in [1.29, 1.82) is 0 Å². The van der Waals surface area contributed by atoms with Gasteiger partial charge in [-0.3, -0.25) is 4.90 Å². The van der Waals surface area contributed by atoms with Crippen LogP contribution in [0.25, 0.3) is 11.5 Å². The van der Waals surface area contributed by atoms with Crippen LogP contribution in [0.2, 0.25) is 0 Å². The lowest BCUT2D eigenvalue weighted by Gasteiger charge is -2.22. The van der Waals surface area contributed by atoms with Crippen LogP contribution in [-0.4, -0.2) is 36.1 Å². The first-order valence-corrected chi connectivity index (χ1v) is 7.86. The number of aromatic nitrogens is 1. The maximum absolute atomic E-state index is 13.3. The molecule has 0 bridgehead atoms. The van der Waals surface area contributed by atoms with Gasteiger partial charge in [-0.2, -0.15) is 0 Å². The molecule has 2 aliphatic heterocycles. The molecule has 1 atom stereocenters. The Bertz CT molecular complexity index is 669. The van der Waals surface area contributed by atoms with Gasteiger partial charge in [0.25, 0.3) is 0 Å². The molecule has 2 fully saturated rings. The molecule has 2 saturated heterocycles. The average Bonchev–Trinajstić information content (AvgIpc) is 3.23. The van der Waals surface area contributed by atoms with E-state index in [1.165, 1.54) is 25.0 Å². The molecule has 6 heteroatoms. The van der Waals surface area contributed by atoms with Gasteiger partial charge in [0.2, 0.25) is 5.89 Å². The number of nitrogens with zero attached hydrogens (tertiary/aromatic N) is 2. The summed E-state index contributed by atoms with van der Waals surface area (Å²) in [6.45, 7) is 5.32.